The lowest BCUT2D eigenvalue weighted by Crippen LogP contribution is -2.15. The SMILES string of the molecule is CCNc1ncc(F)c(SCC(O)CO)n1. The molecule has 1 rings (SSSR count). The number of aliphatic hydroxyl groups excluding tert-OH is 2. The zero-order valence-electron chi connectivity index (χ0n) is 8.85. The molecule has 0 radical (unpaired) electrons. The van der Waals surface area contributed by atoms with E-state index in [0.29, 0.717) is 12.5 Å². The number of halogens is 1. The van der Waals surface area contributed by atoms with Gasteiger partial charge in [0.05, 0.1) is 18.9 Å². The van der Waals surface area contributed by atoms with Crippen molar-refractivity contribution in [3.63, 3.8) is 0 Å². The highest BCUT2D eigenvalue weighted by molar-refractivity contribution is 7.99. The minimum Gasteiger partial charge on any atom is -0.394 e. The van der Waals surface area contributed by atoms with E-state index < -0.39 is 11.9 Å². The number of thioether (sulfide) groups is 1. The van der Waals surface area contributed by atoms with Gasteiger partial charge in [-0.15, -0.1) is 11.8 Å². The Morgan fingerprint density at radius 3 is 3.00 bits per heavy atom. The third-order valence-corrected chi connectivity index (χ3v) is 2.78. The van der Waals surface area contributed by atoms with Crippen molar-refractivity contribution in [3.8, 4) is 0 Å². The zero-order valence-corrected chi connectivity index (χ0v) is 9.67. The van der Waals surface area contributed by atoms with Crippen LogP contribution in [0.3, 0.4) is 0 Å². The van der Waals surface area contributed by atoms with E-state index in [1.165, 1.54) is 0 Å². The third-order valence-electron chi connectivity index (χ3n) is 1.67. The molecule has 0 saturated carbocycles. The van der Waals surface area contributed by atoms with Crippen LogP contribution in [0.4, 0.5) is 10.3 Å². The summed E-state index contributed by atoms with van der Waals surface area (Å²) in [6.07, 6.45) is 0.209. The second-order valence-electron chi connectivity index (χ2n) is 3.02. The number of hydrogen-bond acceptors (Lipinski definition) is 6. The van der Waals surface area contributed by atoms with Gasteiger partial charge in [-0.05, 0) is 6.92 Å². The lowest BCUT2D eigenvalue weighted by Gasteiger charge is -2.07. The average molecular weight is 247 g/mol. The van der Waals surface area contributed by atoms with Gasteiger partial charge in [-0.2, -0.15) is 0 Å². The van der Waals surface area contributed by atoms with Crippen LogP contribution in [0.2, 0.25) is 0 Å². The van der Waals surface area contributed by atoms with E-state index >= 15 is 0 Å². The van der Waals surface area contributed by atoms with Crippen molar-refractivity contribution < 1.29 is 14.6 Å². The number of nitrogens with zero attached hydrogens (tertiary/aromatic N) is 2. The Morgan fingerprint density at radius 1 is 1.62 bits per heavy atom. The van der Waals surface area contributed by atoms with Gasteiger partial charge in [-0.1, -0.05) is 0 Å². The summed E-state index contributed by atoms with van der Waals surface area (Å²) in [7, 11) is 0. The summed E-state index contributed by atoms with van der Waals surface area (Å²) in [4.78, 5) is 7.69. The number of anilines is 1. The predicted octanol–water partition coefficient (Wildman–Crippen LogP) is 0.493. The molecule has 16 heavy (non-hydrogen) atoms. The highest BCUT2D eigenvalue weighted by Gasteiger charge is 2.10. The largest absolute Gasteiger partial charge is 0.394 e. The lowest BCUT2D eigenvalue weighted by molar-refractivity contribution is 0.113. The van der Waals surface area contributed by atoms with Crippen molar-refractivity contribution in [1.29, 1.82) is 0 Å². The van der Waals surface area contributed by atoms with Gasteiger partial charge in [0.1, 0.15) is 5.03 Å². The van der Waals surface area contributed by atoms with Gasteiger partial charge in [-0.3, -0.25) is 0 Å². The molecule has 0 amide bonds. The summed E-state index contributed by atoms with van der Waals surface area (Å²) in [5.41, 5.74) is 0. The van der Waals surface area contributed by atoms with E-state index in [0.717, 1.165) is 18.0 Å². The summed E-state index contributed by atoms with van der Waals surface area (Å²) in [5, 5.41) is 20.8. The Bertz CT molecular complexity index is 341. The van der Waals surface area contributed by atoms with Crippen molar-refractivity contribution >= 4 is 17.7 Å². The van der Waals surface area contributed by atoms with Crippen LogP contribution in [0, 0.1) is 5.82 Å². The van der Waals surface area contributed by atoms with Gasteiger partial charge in [0.15, 0.2) is 5.82 Å². The fourth-order valence-corrected chi connectivity index (χ4v) is 1.72. The van der Waals surface area contributed by atoms with E-state index in [4.69, 9.17) is 10.2 Å². The summed E-state index contributed by atoms with van der Waals surface area (Å²) in [6, 6.07) is 0. The summed E-state index contributed by atoms with van der Waals surface area (Å²) in [5.74, 6) is 0.0115. The highest BCUT2D eigenvalue weighted by atomic mass is 32.2. The average Bonchev–Trinajstić information content (AvgIpc) is 2.29. The van der Waals surface area contributed by atoms with Crippen LogP contribution in [0.5, 0.6) is 0 Å². The van der Waals surface area contributed by atoms with Gasteiger partial charge in [-0.25, -0.2) is 14.4 Å². The third kappa shape index (κ3) is 3.92. The van der Waals surface area contributed by atoms with Crippen molar-refractivity contribution in [1.82, 2.24) is 9.97 Å². The Labute approximate surface area is 97.1 Å². The van der Waals surface area contributed by atoms with Gasteiger partial charge >= 0.3 is 0 Å². The fourth-order valence-electron chi connectivity index (χ4n) is 0.924. The highest BCUT2D eigenvalue weighted by Crippen LogP contribution is 2.20. The molecule has 0 spiro atoms. The van der Waals surface area contributed by atoms with Crippen LogP contribution < -0.4 is 5.32 Å². The number of rotatable bonds is 6. The molecule has 0 aromatic carbocycles. The molecule has 90 valence electrons. The molecule has 5 nitrogen and oxygen atoms in total. The summed E-state index contributed by atoms with van der Waals surface area (Å²) < 4.78 is 13.2. The first-order chi connectivity index (χ1) is 7.67. The first-order valence-electron chi connectivity index (χ1n) is 4.85. The smallest absolute Gasteiger partial charge is 0.223 e. The van der Waals surface area contributed by atoms with Gasteiger partial charge < -0.3 is 15.5 Å². The van der Waals surface area contributed by atoms with Crippen molar-refractivity contribution in [3.05, 3.63) is 12.0 Å². The Balaban J connectivity index is 2.66. The van der Waals surface area contributed by atoms with E-state index in [-0.39, 0.29) is 17.4 Å². The Morgan fingerprint density at radius 2 is 2.38 bits per heavy atom. The topological polar surface area (TPSA) is 78.3 Å². The maximum absolute atomic E-state index is 13.2. The van der Waals surface area contributed by atoms with Gasteiger partial charge in [0, 0.05) is 12.3 Å². The van der Waals surface area contributed by atoms with Gasteiger partial charge in [0.2, 0.25) is 5.95 Å². The standard InChI is InChI=1S/C9H14FN3O2S/c1-2-11-9-12-3-7(10)8(13-9)16-5-6(15)4-14/h3,6,14-15H,2,4-5H2,1H3,(H,11,12,13). The molecule has 1 heterocycles. The van der Waals surface area contributed by atoms with Crippen LogP contribution >= 0.6 is 11.8 Å². The summed E-state index contributed by atoms with van der Waals surface area (Å²) >= 11 is 1.04. The van der Waals surface area contributed by atoms with E-state index in [2.05, 4.69) is 15.3 Å². The molecule has 0 aliphatic heterocycles. The monoisotopic (exact) mass is 247 g/mol. The molecule has 1 aromatic heterocycles. The molecule has 1 unspecified atom stereocenters. The molecular weight excluding hydrogens is 233 g/mol. The van der Waals surface area contributed by atoms with Crippen molar-refractivity contribution in [2.24, 2.45) is 0 Å². The molecule has 0 bridgehead atoms. The van der Waals surface area contributed by atoms with E-state index in [1.54, 1.807) is 0 Å². The molecule has 1 aromatic rings. The van der Waals surface area contributed by atoms with Gasteiger partial charge in [0.25, 0.3) is 0 Å². The maximum Gasteiger partial charge on any atom is 0.223 e. The Hall–Kier alpha value is -0.920. The number of aliphatic hydroxyl groups is 2. The van der Waals surface area contributed by atoms with Crippen LogP contribution in [-0.2, 0) is 0 Å². The van der Waals surface area contributed by atoms with Crippen LogP contribution in [0.15, 0.2) is 11.2 Å². The number of hydrogen-bond donors (Lipinski definition) is 3. The fraction of sp³-hybridized carbons (Fsp3) is 0.556. The first-order valence-corrected chi connectivity index (χ1v) is 5.84. The molecule has 0 aliphatic carbocycles. The van der Waals surface area contributed by atoms with E-state index in [1.807, 2.05) is 6.92 Å². The first kappa shape index (κ1) is 13.1. The molecule has 1 atom stereocenters. The van der Waals surface area contributed by atoms with E-state index in [9.17, 15) is 4.39 Å². The second-order valence-corrected chi connectivity index (χ2v) is 4.03. The Kier molecular flexibility index (Phi) is 5.44. The van der Waals surface area contributed by atoms with Crippen LogP contribution in [0.1, 0.15) is 6.92 Å². The molecule has 0 aliphatic rings. The van der Waals surface area contributed by atoms with Crippen LogP contribution in [-0.4, -0.2) is 45.2 Å². The zero-order chi connectivity index (χ0) is 12.0. The summed E-state index contributed by atoms with van der Waals surface area (Å²) in [6.45, 7) is 2.18. The predicted molar refractivity (Wildman–Crippen MR) is 60.0 cm³/mol. The number of aromatic nitrogens is 2. The molecule has 7 heteroatoms. The number of nitrogens with one attached hydrogen (secondary N) is 1. The van der Waals surface area contributed by atoms with Crippen molar-refractivity contribution in [2.75, 3.05) is 24.2 Å². The molecule has 0 saturated heterocycles. The minimum absolute atomic E-state index is 0.165. The second kappa shape index (κ2) is 6.62. The quantitative estimate of drug-likeness (QED) is 0.501. The maximum atomic E-state index is 13.2. The lowest BCUT2D eigenvalue weighted by atomic mass is 10.4. The molecule has 3 N–H and O–H groups in total. The molecular formula is C9H14FN3O2S. The molecule has 0 fully saturated rings. The van der Waals surface area contributed by atoms with Crippen molar-refractivity contribution in [2.45, 2.75) is 18.1 Å². The van der Waals surface area contributed by atoms with Crippen LogP contribution in [0.25, 0.3) is 0 Å². The minimum atomic E-state index is -0.873. The normalized spacial score (nSPS) is 12.5.